The summed E-state index contributed by atoms with van der Waals surface area (Å²) in [5, 5.41) is 0.791. The van der Waals surface area contributed by atoms with Crippen LogP contribution in [0.25, 0.3) is 6.08 Å². The molecule has 2 aromatic carbocycles. The van der Waals surface area contributed by atoms with Crippen LogP contribution in [0.2, 0.25) is 0 Å². The predicted molar refractivity (Wildman–Crippen MR) is 120 cm³/mol. The van der Waals surface area contributed by atoms with Gasteiger partial charge in [0.05, 0.1) is 17.7 Å². The number of hydrogen-bond acceptors (Lipinski definition) is 4. The molecule has 1 amide bonds. The lowest BCUT2D eigenvalue weighted by Crippen LogP contribution is -2.44. The van der Waals surface area contributed by atoms with Crippen molar-refractivity contribution in [2.75, 3.05) is 7.11 Å². The van der Waals surface area contributed by atoms with Crippen molar-refractivity contribution in [2.45, 2.75) is 38.6 Å². The molecule has 2 aromatic rings. The second kappa shape index (κ2) is 8.87. The number of amidine groups is 1. The first-order chi connectivity index (χ1) is 14.2. The largest absolute Gasteiger partial charge is 0.497 e. The quantitative estimate of drug-likeness (QED) is 0.596. The zero-order valence-corrected chi connectivity index (χ0v) is 17.7. The molecule has 0 bridgehead atoms. The molecule has 0 spiro atoms. The normalized spacial score (nSPS) is 25.0. The minimum atomic E-state index is 0.0687. The molecule has 1 saturated carbocycles. The average Bonchev–Trinajstić information content (AvgIpc) is 3.04. The third-order valence-electron chi connectivity index (χ3n) is 5.63. The summed E-state index contributed by atoms with van der Waals surface area (Å²) in [4.78, 5) is 20.9. The summed E-state index contributed by atoms with van der Waals surface area (Å²) in [6.45, 7) is 2.26. The van der Waals surface area contributed by atoms with Gasteiger partial charge in [0.1, 0.15) is 5.75 Å². The smallest absolute Gasteiger partial charge is 0.267 e. The van der Waals surface area contributed by atoms with E-state index in [0.717, 1.165) is 39.9 Å². The fourth-order valence-corrected chi connectivity index (χ4v) is 5.05. The van der Waals surface area contributed by atoms with Crippen molar-refractivity contribution in [3.05, 3.63) is 65.1 Å². The monoisotopic (exact) mass is 406 g/mol. The fraction of sp³-hybridized carbons (Fsp3) is 0.333. The van der Waals surface area contributed by atoms with E-state index in [2.05, 4.69) is 6.92 Å². The van der Waals surface area contributed by atoms with Crippen molar-refractivity contribution < 1.29 is 9.53 Å². The molecule has 0 unspecified atom stereocenters. The number of aliphatic imine (C=N–C) groups is 1. The van der Waals surface area contributed by atoms with Gasteiger partial charge in [-0.3, -0.25) is 9.69 Å². The van der Waals surface area contributed by atoms with Gasteiger partial charge in [0.2, 0.25) is 0 Å². The van der Waals surface area contributed by atoms with Gasteiger partial charge in [0.25, 0.3) is 5.91 Å². The maximum absolute atomic E-state index is 13.4. The van der Waals surface area contributed by atoms with Crippen LogP contribution in [0.1, 0.15) is 38.2 Å². The van der Waals surface area contributed by atoms with Gasteiger partial charge in [-0.1, -0.05) is 50.1 Å². The predicted octanol–water partition coefficient (Wildman–Crippen LogP) is 5.88. The first-order valence-corrected chi connectivity index (χ1v) is 11.0. The Balaban J connectivity index is 1.69. The topological polar surface area (TPSA) is 41.9 Å². The number of para-hydroxylation sites is 1. The lowest BCUT2D eigenvalue weighted by Gasteiger charge is -2.35. The summed E-state index contributed by atoms with van der Waals surface area (Å²) >= 11 is 1.48. The number of amides is 1. The highest BCUT2D eigenvalue weighted by molar-refractivity contribution is 8.18. The van der Waals surface area contributed by atoms with Crippen LogP contribution in [0.5, 0.6) is 5.75 Å². The maximum atomic E-state index is 13.4. The van der Waals surface area contributed by atoms with Gasteiger partial charge < -0.3 is 4.74 Å². The third-order valence-corrected chi connectivity index (χ3v) is 6.61. The lowest BCUT2D eigenvalue weighted by molar-refractivity contribution is -0.124. The second-order valence-corrected chi connectivity index (χ2v) is 8.63. The number of methoxy groups -OCH3 is 1. The third kappa shape index (κ3) is 4.40. The maximum Gasteiger partial charge on any atom is 0.267 e. The molecule has 4 nitrogen and oxygen atoms in total. The van der Waals surface area contributed by atoms with Crippen LogP contribution < -0.4 is 4.74 Å². The number of benzene rings is 2. The number of hydrogen-bond donors (Lipinski definition) is 0. The molecule has 1 aliphatic heterocycles. The van der Waals surface area contributed by atoms with Crippen LogP contribution in [0.4, 0.5) is 5.69 Å². The van der Waals surface area contributed by atoms with Crippen LogP contribution >= 0.6 is 11.8 Å². The zero-order valence-electron chi connectivity index (χ0n) is 16.9. The summed E-state index contributed by atoms with van der Waals surface area (Å²) < 4.78 is 5.23. The van der Waals surface area contributed by atoms with E-state index in [1.807, 2.05) is 65.6 Å². The van der Waals surface area contributed by atoms with Crippen LogP contribution in [0.3, 0.4) is 0 Å². The van der Waals surface area contributed by atoms with Gasteiger partial charge >= 0.3 is 0 Å². The van der Waals surface area contributed by atoms with Crippen molar-refractivity contribution in [3.8, 4) is 5.75 Å². The molecule has 2 atom stereocenters. The van der Waals surface area contributed by atoms with Crippen molar-refractivity contribution in [2.24, 2.45) is 10.9 Å². The van der Waals surface area contributed by atoms with E-state index < -0.39 is 0 Å². The van der Waals surface area contributed by atoms with Crippen molar-refractivity contribution >= 4 is 34.6 Å². The Bertz CT molecular complexity index is 922. The number of ether oxygens (including phenoxy) is 1. The molecule has 2 fully saturated rings. The minimum absolute atomic E-state index is 0.0687. The lowest BCUT2D eigenvalue weighted by atomic mass is 9.85. The summed E-state index contributed by atoms with van der Waals surface area (Å²) in [6, 6.07) is 17.9. The second-order valence-electron chi connectivity index (χ2n) is 7.62. The van der Waals surface area contributed by atoms with E-state index in [4.69, 9.17) is 9.73 Å². The number of carbonyl (C=O) groups is 1. The van der Waals surface area contributed by atoms with Crippen molar-refractivity contribution in [1.82, 2.24) is 4.90 Å². The van der Waals surface area contributed by atoms with E-state index in [-0.39, 0.29) is 11.9 Å². The Labute approximate surface area is 176 Å². The van der Waals surface area contributed by atoms with Crippen LogP contribution in [0, 0.1) is 5.92 Å². The SMILES string of the molecule is COc1ccc(/C=C2\SC(=Nc3ccccc3)N([C@@H]3CCCC[C@H]3C)C2=O)cc1. The minimum Gasteiger partial charge on any atom is -0.497 e. The molecule has 1 heterocycles. The summed E-state index contributed by atoms with van der Waals surface area (Å²) in [6.07, 6.45) is 6.57. The van der Waals surface area contributed by atoms with E-state index >= 15 is 0 Å². The van der Waals surface area contributed by atoms with Gasteiger partial charge in [-0.2, -0.15) is 0 Å². The van der Waals surface area contributed by atoms with Gasteiger partial charge in [-0.25, -0.2) is 4.99 Å². The van der Waals surface area contributed by atoms with Gasteiger partial charge in [-0.05, 0) is 66.4 Å². The van der Waals surface area contributed by atoms with Crippen LogP contribution in [-0.2, 0) is 4.79 Å². The van der Waals surface area contributed by atoms with Crippen molar-refractivity contribution in [1.29, 1.82) is 0 Å². The van der Waals surface area contributed by atoms with E-state index in [1.54, 1.807) is 7.11 Å². The Morgan fingerprint density at radius 3 is 2.48 bits per heavy atom. The van der Waals surface area contributed by atoms with Crippen LogP contribution in [-0.4, -0.2) is 29.1 Å². The summed E-state index contributed by atoms with van der Waals surface area (Å²) in [7, 11) is 1.65. The molecular formula is C24H26N2O2S. The highest BCUT2D eigenvalue weighted by atomic mass is 32.2. The number of nitrogens with zero attached hydrogens (tertiary/aromatic N) is 2. The number of thioether (sulfide) groups is 1. The highest BCUT2D eigenvalue weighted by Crippen LogP contribution is 2.40. The highest BCUT2D eigenvalue weighted by Gasteiger charge is 2.41. The Morgan fingerprint density at radius 1 is 1.07 bits per heavy atom. The van der Waals surface area contributed by atoms with E-state index in [0.29, 0.717) is 5.92 Å². The molecule has 0 aromatic heterocycles. The molecule has 1 aliphatic carbocycles. The molecule has 0 radical (unpaired) electrons. The fourth-order valence-electron chi connectivity index (χ4n) is 4.00. The van der Waals surface area contributed by atoms with Crippen molar-refractivity contribution in [3.63, 3.8) is 0 Å². The Morgan fingerprint density at radius 2 is 1.79 bits per heavy atom. The summed E-state index contributed by atoms with van der Waals surface area (Å²) in [5.74, 6) is 1.36. The molecule has 2 aliphatic rings. The summed E-state index contributed by atoms with van der Waals surface area (Å²) in [5.41, 5.74) is 1.86. The molecule has 5 heteroatoms. The standard InChI is InChI=1S/C24H26N2O2S/c1-17-8-6-7-11-21(17)26-23(27)22(16-18-12-14-20(28-2)15-13-18)29-24(26)25-19-9-4-3-5-10-19/h3-5,9-10,12-17,21H,6-8,11H2,1-2H3/b22-16-,25-24?/t17-,21-/m1/s1. The molecule has 29 heavy (non-hydrogen) atoms. The van der Waals surface area contributed by atoms with Gasteiger partial charge in [-0.15, -0.1) is 0 Å². The zero-order chi connectivity index (χ0) is 20.2. The number of rotatable bonds is 4. The molecule has 150 valence electrons. The molecule has 4 rings (SSSR count). The van der Waals surface area contributed by atoms with E-state index in [1.165, 1.54) is 24.6 Å². The first kappa shape index (κ1) is 19.8. The average molecular weight is 407 g/mol. The number of carbonyl (C=O) groups excluding carboxylic acids is 1. The Hall–Kier alpha value is -2.53. The molecule has 1 saturated heterocycles. The van der Waals surface area contributed by atoms with Gasteiger partial charge in [0, 0.05) is 6.04 Å². The first-order valence-electron chi connectivity index (χ1n) is 10.2. The molecule has 0 N–H and O–H groups in total. The van der Waals surface area contributed by atoms with E-state index in [9.17, 15) is 4.79 Å². The molecular weight excluding hydrogens is 380 g/mol. The van der Waals surface area contributed by atoms with Gasteiger partial charge in [0.15, 0.2) is 5.17 Å². The Kier molecular flexibility index (Phi) is 6.05. The van der Waals surface area contributed by atoms with Crippen LogP contribution in [0.15, 0.2) is 64.5 Å².